The van der Waals surface area contributed by atoms with E-state index in [9.17, 15) is 13.2 Å². The van der Waals surface area contributed by atoms with Gasteiger partial charge >= 0.3 is 6.03 Å². The third kappa shape index (κ3) is 4.18. The van der Waals surface area contributed by atoms with Crippen molar-refractivity contribution in [1.82, 2.24) is 24.7 Å². The monoisotopic (exact) mass is 315 g/mol. The molecule has 0 saturated carbocycles. The van der Waals surface area contributed by atoms with Crippen LogP contribution < -0.4 is 5.32 Å². The van der Waals surface area contributed by atoms with Gasteiger partial charge in [0, 0.05) is 44.0 Å². The van der Waals surface area contributed by atoms with Gasteiger partial charge in [0.1, 0.15) is 0 Å². The summed E-state index contributed by atoms with van der Waals surface area (Å²) in [5.41, 5.74) is 1.87. The number of urea groups is 1. The molecule has 0 radical (unpaired) electrons. The molecule has 0 aromatic carbocycles. The molecular formula is C12H21N5O3S. The molecule has 21 heavy (non-hydrogen) atoms. The number of carbonyl (C=O) groups is 1. The molecule has 2 heterocycles. The van der Waals surface area contributed by atoms with Crippen LogP contribution in [-0.4, -0.2) is 66.3 Å². The van der Waals surface area contributed by atoms with Crippen molar-refractivity contribution >= 4 is 16.1 Å². The number of aryl methyl sites for hydroxylation is 1. The molecule has 1 aromatic rings. The number of aromatic nitrogens is 2. The van der Waals surface area contributed by atoms with E-state index in [-0.39, 0.29) is 6.03 Å². The zero-order chi connectivity index (χ0) is 15.5. The van der Waals surface area contributed by atoms with Crippen LogP contribution in [-0.2, 0) is 16.6 Å². The Balaban J connectivity index is 1.87. The Bertz CT molecular complexity index is 598. The van der Waals surface area contributed by atoms with Crippen LogP contribution in [0.15, 0.2) is 6.20 Å². The van der Waals surface area contributed by atoms with Crippen LogP contribution in [0.25, 0.3) is 0 Å². The lowest BCUT2D eigenvalue weighted by atomic mass is 10.3. The fourth-order valence-electron chi connectivity index (χ4n) is 2.27. The highest BCUT2D eigenvalue weighted by molar-refractivity contribution is 7.88. The van der Waals surface area contributed by atoms with E-state index < -0.39 is 10.0 Å². The summed E-state index contributed by atoms with van der Waals surface area (Å²) in [7, 11) is -3.19. The van der Waals surface area contributed by atoms with Gasteiger partial charge in [-0.1, -0.05) is 0 Å². The Kier molecular flexibility index (Phi) is 4.84. The summed E-state index contributed by atoms with van der Waals surface area (Å²) < 4.78 is 24.5. The molecule has 1 aromatic heterocycles. The van der Waals surface area contributed by atoms with Crippen LogP contribution in [0.5, 0.6) is 0 Å². The van der Waals surface area contributed by atoms with Crippen LogP contribution >= 0.6 is 0 Å². The molecule has 0 bridgehead atoms. The number of aromatic amines is 1. The minimum atomic E-state index is -3.19. The Morgan fingerprint density at radius 1 is 1.38 bits per heavy atom. The third-order valence-electron chi connectivity index (χ3n) is 3.58. The lowest BCUT2D eigenvalue weighted by Crippen LogP contribution is -2.42. The molecule has 9 heteroatoms. The van der Waals surface area contributed by atoms with Crippen LogP contribution in [0.1, 0.15) is 17.7 Å². The lowest BCUT2D eigenvalue weighted by Gasteiger charge is -2.21. The second-order valence-electron chi connectivity index (χ2n) is 5.18. The van der Waals surface area contributed by atoms with E-state index in [1.165, 1.54) is 10.6 Å². The van der Waals surface area contributed by atoms with Crippen molar-refractivity contribution in [3.05, 3.63) is 17.5 Å². The highest BCUT2D eigenvalue weighted by Gasteiger charge is 2.23. The Labute approximate surface area is 124 Å². The number of amides is 2. The molecule has 2 rings (SSSR count). The SMILES string of the molecule is Cc1[nH]ncc1CNC(=O)N1CCCN(S(C)(=O)=O)CC1. The minimum Gasteiger partial charge on any atom is -0.334 e. The van der Waals surface area contributed by atoms with Gasteiger partial charge in [-0.05, 0) is 13.3 Å². The first-order valence-electron chi connectivity index (χ1n) is 6.84. The van der Waals surface area contributed by atoms with Crippen molar-refractivity contribution in [3.8, 4) is 0 Å². The van der Waals surface area contributed by atoms with Gasteiger partial charge in [-0.15, -0.1) is 0 Å². The third-order valence-corrected chi connectivity index (χ3v) is 4.88. The number of nitrogens with zero attached hydrogens (tertiary/aromatic N) is 3. The van der Waals surface area contributed by atoms with Crippen LogP contribution in [0.2, 0.25) is 0 Å². The molecule has 8 nitrogen and oxygen atoms in total. The number of rotatable bonds is 3. The number of carbonyl (C=O) groups excluding carboxylic acids is 1. The topological polar surface area (TPSA) is 98.4 Å². The summed E-state index contributed by atoms with van der Waals surface area (Å²) in [6.45, 7) is 4.07. The summed E-state index contributed by atoms with van der Waals surface area (Å²) in [6, 6.07) is -0.175. The van der Waals surface area contributed by atoms with Crippen molar-refractivity contribution in [3.63, 3.8) is 0 Å². The van der Waals surface area contributed by atoms with Gasteiger partial charge in [-0.25, -0.2) is 17.5 Å². The maximum atomic E-state index is 12.1. The predicted octanol–water partition coefficient (Wildman–Crippen LogP) is -0.105. The molecule has 0 atom stereocenters. The Morgan fingerprint density at radius 2 is 2.14 bits per heavy atom. The maximum Gasteiger partial charge on any atom is 0.317 e. The normalized spacial score (nSPS) is 17.5. The summed E-state index contributed by atoms with van der Waals surface area (Å²) in [5, 5.41) is 9.55. The minimum absolute atomic E-state index is 0.175. The van der Waals surface area contributed by atoms with Gasteiger partial charge in [-0.2, -0.15) is 5.10 Å². The molecule has 118 valence electrons. The van der Waals surface area contributed by atoms with E-state index in [4.69, 9.17) is 0 Å². The first-order valence-corrected chi connectivity index (χ1v) is 8.69. The Hall–Kier alpha value is -1.61. The quantitative estimate of drug-likeness (QED) is 0.813. The molecular weight excluding hydrogens is 294 g/mol. The number of sulfonamides is 1. The molecule has 2 N–H and O–H groups in total. The zero-order valence-electron chi connectivity index (χ0n) is 12.3. The van der Waals surface area contributed by atoms with E-state index >= 15 is 0 Å². The second kappa shape index (κ2) is 6.44. The maximum absolute atomic E-state index is 12.1. The van der Waals surface area contributed by atoms with E-state index in [2.05, 4.69) is 15.5 Å². The standard InChI is InChI=1S/C12H21N5O3S/c1-10-11(9-14-15-10)8-13-12(18)16-4-3-5-17(7-6-16)21(2,19)20/h9H,3-8H2,1-2H3,(H,13,18)(H,14,15). The molecule has 2 amide bonds. The number of hydrogen-bond donors (Lipinski definition) is 2. The second-order valence-corrected chi connectivity index (χ2v) is 7.16. The van der Waals surface area contributed by atoms with Crippen molar-refractivity contribution in [2.45, 2.75) is 19.9 Å². The number of nitrogens with one attached hydrogen (secondary N) is 2. The average molecular weight is 315 g/mol. The van der Waals surface area contributed by atoms with Gasteiger partial charge in [0.25, 0.3) is 0 Å². The van der Waals surface area contributed by atoms with Crippen molar-refractivity contribution in [1.29, 1.82) is 0 Å². The highest BCUT2D eigenvalue weighted by atomic mass is 32.2. The largest absolute Gasteiger partial charge is 0.334 e. The summed E-state index contributed by atoms with van der Waals surface area (Å²) in [6.07, 6.45) is 3.53. The summed E-state index contributed by atoms with van der Waals surface area (Å²) in [4.78, 5) is 13.8. The smallest absolute Gasteiger partial charge is 0.317 e. The number of H-pyrrole nitrogens is 1. The first kappa shape index (κ1) is 15.8. The van der Waals surface area contributed by atoms with Gasteiger partial charge in [-0.3, -0.25) is 5.10 Å². The zero-order valence-corrected chi connectivity index (χ0v) is 13.1. The molecule has 0 unspecified atom stereocenters. The van der Waals surface area contributed by atoms with Crippen LogP contribution in [0.3, 0.4) is 0 Å². The van der Waals surface area contributed by atoms with E-state index in [0.29, 0.717) is 39.1 Å². The number of hydrogen-bond acceptors (Lipinski definition) is 4. The lowest BCUT2D eigenvalue weighted by molar-refractivity contribution is 0.200. The average Bonchev–Trinajstić information content (AvgIpc) is 2.66. The van der Waals surface area contributed by atoms with Crippen LogP contribution in [0, 0.1) is 6.92 Å². The summed E-state index contributed by atoms with van der Waals surface area (Å²) >= 11 is 0. The van der Waals surface area contributed by atoms with Gasteiger partial charge in [0.2, 0.25) is 10.0 Å². The molecule has 0 aliphatic carbocycles. The fourth-order valence-corrected chi connectivity index (χ4v) is 3.14. The molecule has 0 spiro atoms. The van der Waals surface area contributed by atoms with Crippen molar-refractivity contribution in [2.24, 2.45) is 0 Å². The van der Waals surface area contributed by atoms with Gasteiger partial charge in [0.15, 0.2) is 0 Å². The van der Waals surface area contributed by atoms with E-state index in [0.717, 1.165) is 11.3 Å². The van der Waals surface area contributed by atoms with Crippen molar-refractivity contribution in [2.75, 3.05) is 32.4 Å². The molecule has 1 saturated heterocycles. The summed E-state index contributed by atoms with van der Waals surface area (Å²) in [5.74, 6) is 0. The predicted molar refractivity (Wildman–Crippen MR) is 78.2 cm³/mol. The fraction of sp³-hybridized carbons (Fsp3) is 0.667. The first-order chi connectivity index (χ1) is 9.88. The van der Waals surface area contributed by atoms with Gasteiger partial charge in [0.05, 0.1) is 12.5 Å². The van der Waals surface area contributed by atoms with E-state index in [1.54, 1.807) is 11.1 Å². The molecule has 1 aliphatic rings. The van der Waals surface area contributed by atoms with Gasteiger partial charge < -0.3 is 10.2 Å². The van der Waals surface area contributed by atoms with E-state index in [1.807, 2.05) is 6.92 Å². The molecule has 1 fully saturated rings. The molecule has 1 aliphatic heterocycles. The van der Waals surface area contributed by atoms with Crippen molar-refractivity contribution < 1.29 is 13.2 Å². The van der Waals surface area contributed by atoms with Crippen LogP contribution in [0.4, 0.5) is 4.79 Å². The Morgan fingerprint density at radius 3 is 2.76 bits per heavy atom. The highest BCUT2D eigenvalue weighted by Crippen LogP contribution is 2.08.